The van der Waals surface area contributed by atoms with Crippen molar-refractivity contribution in [3.05, 3.63) is 57.6 Å². The summed E-state index contributed by atoms with van der Waals surface area (Å²) in [4.78, 5) is 10.0. The Bertz CT molecular complexity index is 1370. The highest BCUT2D eigenvalue weighted by atomic mass is 79.9. The van der Waals surface area contributed by atoms with Crippen LogP contribution in [0.1, 0.15) is 54.1 Å². The maximum absolute atomic E-state index is 13.7. The molecule has 0 amide bonds. The Kier molecular flexibility index (Phi) is 8.25. The van der Waals surface area contributed by atoms with Crippen LogP contribution in [-0.4, -0.2) is 51.3 Å². The number of carboxylic acid groups (broad SMARTS) is 1. The van der Waals surface area contributed by atoms with E-state index < -0.39 is 48.7 Å². The summed E-state index contributed by atoms with van der Waals surface area (Å²) in [5.74, 6) is -1.57. The number of alkyl halides is 3. The van der Waals surface area contributed by atoms with E-state index in [1.807, 2.05) is 0 Å². The molecular formula is C22H24BrF3N2O6S2. The van der Waals surface area contributed by atoms with Gasteiger partial charge in [-0.2, -0.15) is 17.5 Å². The topological polar surface area (TPSA) is 121 Å². The molecule has 1 saturated heterocycles. The number of piperidine rings is 1. The normalized spacial score (nSPS) is 16.4. The molecular weight excluding hydrogens is 589 g/mol. The zero-order chi connectivity index (χ0) is 27.1. The van der Waals surface area contributed by atoms with E-state index in [-0.39, 0.29) is 46.8 Å². The van der Waals surface area contributed by atoms with Crippen LogP contribution in [0.5, 0.6) is 0 Å². The Morgan fingerprint density at radius 3 is 2.25 bits per heavy atom. The largest absolute Gasteiger partial charge is 0.478 e. The molecule has 2 aromatic carbocycles. The van der Waals surface area contributed by atoms with Crippen molar-refractivity contribution < 1.29 is 39.9 Å². The first-order chi connectivity index (χ1) is 16.5. The van der Waals surface area contributed by atoms with E-state index in [1.165, 1.54) is 18.2 Å². The maximum Gasteiger partial charge on any atom is 0.417 e. The molecule has 198 valence electrons. The molecule has 14 heteroatoms. The third-order valence-electron chi connectivity index (χ3n) is 5.81. The van der Waals surface area contributed by atoms with Crippen LogP contribution in [0.3, 0.4) is 0 Å². The number of rotatable bonds is 7. The lowest BCUT2D eigenvalue weighted by Gasteiger charge is -2.31. The van der Waals surface area contributed by atoms with Crippen molar-refractivity contribution in [2.24, 2.45) is 0 Å². The molecule has 3 rings (SSSR count). The summed E-state index contributed by atoms with van der Waals surface area (Å²) < 4.78 is 96.6. The van der Waals surface area contributed by atoms with Crippen LogP contribution >= 0.6 is 15.9 Å². The monoisotopic (exact) mass is 612 g/mol. The fourth-order valence-corrected chi connectivity index (χ4v) is 7.90. The minimum absolute atomic E-state index is 0.0175. The van der Waals surface area contributed by atoms with E-state index in [1.54, 1.807) is 13.8 Å². The second-order valence-electron chi connectivity index (χ2n) is 8.65. The SMILES string of the molecule is CC(C)c1cc(C(F)(F)F)c(S(=O)(=O)NC2CCN(S(=O)(=O)c3cccc(C(=O)O)c3)CC2)cc1Br. The van der Waals surface area contributed by atoms with Crippen molar-refractivity contribution in [2.45, 2.75) is 54.6 Å². The molecule has 36 heavy (non-hydrogen) atoms. The summed E-state index contributed by atoms with van der Waals surface area (Å²) in [7, 11) is -8.64. The lowest BCUT2D eigenvalue weighted by atomic mass is 10.0. The zero-order valence-electron chi connectivity index (χ0n) is 19.2. The summed E-state index contributed by atoms with van der Waals surface area (Å²) in [6.45, 7) is 3.17. The Labute approximate surface area is 215 Å². The predicted octanol–water partition coefficient (Wildman–Crippen LogP) is 4.42. The number of carboxylic acids is 1. The van der Waals surface area contributed by atoms with Crippen molar-refractivity contribution >= 4 is 41.9 Å². The number of aromatic carboxylic acids is 1. The fraction of sp³-hybridized carbons (Fsp3) is 0.409. The second kappa shape index (κ2) is 10.4. The molecule has 0 aliphatic carbocycles. The molecule has 0 radical (unpaired) electrons. The van der Waals surface area contributed by atoms with Crippen LogP contribution in [0.25, 0.3) is 0 Å². The maximum atomic E-state index is 13.7. The number of hydrogen-bond donors (Lipinski definition) is 2. The lowest BCUT2D eigenvalue weighted by molar-refractivity contribution is -0.140. The average Bonchev–Trinajstić information content (AvgIpc) is 2.78. The molecule has 0 spiro atoms. The van der Waals surface area contributed by atoms with Gasteiger partial charge in [0.2, 0.25) is 20.0 Å². The summed E-state index contributed by atoms with van der Waals surface area (Å²) >= 11 is 3.16. The molecule has 0 aromatic heterocycles. The first-order valence-electron chi connectivity index (χ1n) is 10.8. The van der Waals surface area contributed by atoms with E-state index in [0.717, 1.165) is 22.5 Å². The van der Waals surface area contributed by atoms with Crippen molar-refractivity contribution in [1.29, 1.82) is 0 Å². The number of carbonyl (C=O) groups is 1. The third-order valence-corrected chi connectivity index (χ3v) is 9.95. The van der Waals surface area contributed by atoms with Crippen LogP contribution in [0.15, 0.2) is 50.7 Å². The Morgan fingerprint density at radius 1 is 1.11 bits per heavy atom. The van der Waals surface area contributed by atoms with Gasteiger partial charge in [-0.05, 0) is 54.7 Å². The molecule has 0 saturated carbocycles. The highest BCUT2D eigenvalue weighted by molar-refractivity contribution is 9.10. The molecule has 0 unspecified atom stereocenters. The standard InChI is InChI=1S/C22H24BrF3N2O6S2/c1-13(2)17-11-18(22(24,25)26)20(12-19(17)23)35(31,32)27-15-6-8-28(9-7-15)36(33,34)16-5-3-4-14(10-16)21(29)30/h3-5,10-13,15,27H,6-9H2,1-2H3,(H,29,30). The van der Waals surface area contributed by atoms with Gasteiger partial charge in [-0.25, -0.2) is 26.4 Å². The van der Waals surface area contributed by atoms with Crippen LogP contribution in [0, 0.1) is 0 Å². The summed E-state index contributed by atoms with van der Waals surface area (Å²) in [5, 5.41) is 9.10. The first-order valence-corrected chi connectivity index (χ1v) is 14.5. The van der Waals surface area contributed by atoms with Crippen molar-refractivity contribution in [3.63, 3.8) is 0 Å². The van der Waals surface area contributed by atoms with E-state index in [4.69, 9.17) is 5.11 Å². The Morgan fingerprint density at radius 2 is 1.72 bits per heavy atom. The number of nitrogens with one attached hydrogen (secondary N) is 1. The molecule has 2 aromatic rings. The smallest absolute Gasteiger partial charge is 0.417 e. The van der Waals surface area contributed by atoms with Crippen LogP contribution in [0.4, 0.5) is 13.2 Å². The first kappa shape index (κ1) is 28.6. The number of nitrogens with zero attached hydrogens (tertiary/aromatic N) is 1. The minimum Gasteiger partial charge on any atom is -0.478 e. The predicted molar refractivity (Wildman–Crippen MR) is 129 cm³/mol. The van der Waals surface area contributed by atoms with Gasteiger partial charge in [-0.15, -0.1) is 0 Å². The van der Waals surface area contributed by atoms with Gasteiger partial charge in [-0.3, -0.25) is 0 Å². The van der Waals surface area contributed by atoms with Gasteiger partial charge < -0.3 is 5.11 Å². The Hall–Kier alpha value is -2.00. The number of sulfonamides is 2. The van der Waals surface area contributed by atoms with Gasteiger partial charge in [-0.1, -0.05) is 35.8 Å². The average molecular weight is 613 g/mol. The molecule has 1 aliphatic heterocycles. The molecule has 1 heterocycles. The van der Waals surface area contributed by atoms with Crippen molar-refractivity contribution in [1.82, 2.24) is 9.03 Å². The van der Waals surface area contributed by atoms with E-state index in [2.05, 4.69) is 20.7 Å². The van der Waals surface area contributed by atoms with Gasteiger partial charge in [0.1, 0.15) is 0 Å². The highest BCUT2D eigenvalue weighted by Gasteiger charge is 2.39. The van der Waals surface area contributed by atoms with E-state index >= 15 is 0 Å². The second-order valence-corrected chi connectivity index (χ2v) is 13.1. The van der Waals surface area contributed by atoms with Crippen LogP contribution < -0.4 is 4.72 Å². The minimum atomic E-state index is -4.91. The molecule has 8 nitrogen and oxygen atoms in total. The van der Waals surface area contributed by atoms with E-state index in [9.17, 15) is 34.8 Å². The van der Waals surface area contributed by atoms with E-state index in [0.29, 0.717) is 5.56 Å². The number of benzene rings is 2. The number of halogens is 4. The van der Waals surface area contributed by atoms with Crippen LogP contribution in [-0.2, 0) is 26.2 Å². The van der Waals surface area contributed by atoms with Gasteiger partial charge in [0.15, 0.2) is 0 Å². The van der Waals surface area contributed by atoms with Gasteiger partial charge >= 0.3 is 12.1 Å². The highest BCUT2D eigenvalue weighted by Crippen LogP contribution is 2.39. The fourth-order valence-electron chi connectivity index (χ4n) is 3.89. The third kappa shape index (κ3) is 6.10. The van der Waals surface area contributed by atoms with Crippen molar-refractivity contribution in [3.8, 4) is 0 Å². The Balaban J connectivity index is 1.80. The quantitative estimate of drug-likeness (QED) is 0.477. The van der Waals surface area contributed by atoms with Gasteiger partial charge in [0.25, 0.3) is 0 Å². The molecule has 0 bridgehead atoms. The molecule has 0 atom stereocenters. The molecule has 2 N–H and O–H groups in total. The molecule has 1 aliphatic rings. The van der Waals surface area contributed by atoms with Gasteiger partial charge in [0.05, 0.1) is 20.9 Å². The number of hydrogen-bond acceptors (Lipinski definition) is 5. The summed E-state index contributed by atoms with van der Waals surface area (Å²) in [6.07, 6.45) is -4.87. The lowest BCUT2D eigenvalue weighted by Crippen LogP contribution is -2.46. The molecule has 1 fully saturated rings. The summed E-state index contributed by atoms with van der Waals surface area (Å²) in [6, 6.07) is 5.81. The summed E-state index contributed by atoms with van der Waals surface area (Å²) in [5.41, 5.74) is -1.17. The van der Waals surface area contributed by atoms with Crippen molar-refractivity contribution in [2.75, 3.05) is 13.1 Å². The van der Waals surface area contributed by atoms with Crippen LogP contribution in [0.2, 0.25) is 0 Å². The zero-order valence-corrected chi connectivity index (χ0v) is 22.4. The van der Waals surface area contributed by atoms with Gasteiger partial charge in [0, 0.05) is 23.6 Å².